The van der Waals surface area contributed by atoms with Crippen LogP contribution in [0, 0.1) is 17.7 Å². The summed E-state index contributed by atoms with van der Waals surface area (Å²) in [5.74, 6) is 5.52. The first-order valence-electron chi connectivity index (χ1n) is 12.3. The number of hydrogen-bond donors (Lipinski definition) is 0. The Morgan fingerprint density at radius 3 is 1.79 bits per heavy atom. The summed E-state index contributed by atoms with van der Waals surface area (Å²) in [4.78, 5) is 0. The summed E-state index contributed by atoms with van der Waals surface area (Å²) >= 11 is 5.79. The number of unbranched alkanes of at least 4 members (excludes halogenated alkanes) is 6. The molecule has 3 aromatic rings. The highest BCUT2D eigenvalue weighted by Gasteiger charge is 2.01. The Balaban J connectivity index is 1.41. The molecule has 3 aromatic carbocycles. The van der Waals surface area contributed by atoms with E-state index in [0.29, 0.717) is 10.6 Å². The summed E-state index contributed by atoms with van der Waals surface area (Å²) in [5.41, 5.74) is 5.35. The maximum absolute atomic E-state index is 13.8. The largest absolute Gasteiger partial charge is 0.206 e. The Morgan fingerprint density at radius 2 is 1.18 bits per heavy atom. The monoisotopic (exact) mass is 460 g/mol. The van der Waals surface area contributed by atoms with Gasteiger partial charge in [-0.3, -0.25) is 0 Å². The van der Waals surface area contributed by atoms with Gasteiger partial charge in [0.25, 0.3) is 0 Å². The fraction of sp³-hybridized carbons (Fsp3) is 0.355. The van der Waals surface area contributed by atoms with Crippen molar-refractivity contribution in [1.82, 2.24) is 0 Å². The number of benzene rings is 3. The minimum atomic E-state index is -0.389. The van der Waals surface area contributed by atoms with Gasteiger partial charge in [0.15, 0.2) is 0 Å². The van der Waals surface area contributed by atoms with Gasteiger partial charge < -0.3 is 0 Å². The Hall–Kier alpha value is -2.56. The van der Waals surface area contributed by atoms with Crippen molar-refractivity contribution in [2.24, 2.45) is 0 Å². The van der Waals surface area contributed by atoms with Gasteiger partial charge in [0.1, 0.15) is 5.82 Å². The minimum absolute atomic E-state index is 0.360. The Bertz CT molecular complexity index is 1040. The lowest BCUT2D eigenvalue weighted by atomic mass is 10.00. The second kappa shape index (κ2) is 13.9. The van der Waals surface area contributed by atoms with Crippen molar-refractivity contribution < 1.29 is 4.39 Å². The lowest BCUT2D eigenvalue weighted by Crippen LogP contribution is -1.93. The molecule has 0 heterocycles. The predicted octanol–water partition coefficient (Wildman–Crippen LogP) is 8.96. The van der Waals surface area contributed by atoms with Crippen molar-refractivity contribution in [2.45, 2.75) is 71.1 Å². The van der Waals surface area contributed by atoms with Gasteiger partial charge in [-0.2, -0.15) is 0 Å². The molecule has 0 aromatic heterocycles. The molecule has 0 saturated carbocycles. The molecular formula is C31H34ClF. The van der Waals surface area contributed by atoms with E-state index in [1.165, 1.54) is 74.1 Å². The molecule has 0 N–H and O–H groups in total. The van der Waals surface area contributed by atoms with Gasteiger partial charge in [-0.25, -0.2) is 4.39 Å². The van der Waals surface area contributed by atoms with Gasteiger partial charge in [0, 0.05) is 10.6 Å². The molecule has 0 saturated heterocycles. The normalized spacial score (nSPS) is 10.6. The first kappa shape index (κ1) is 25.1. The molecule has 0 radical (unpaired) electrons. The van der Waals surface area contributed by atoms with Crippen LogP contribution in [-0.4, -0.2) is 0 Å². The van der Waals surface area contributed by atoms with Crippen LogP contribution in [0.4, 0.5) is 4.39 Å². The molecule has 172 valence electrons. The van der Waals surface area contributed by atoms with E-state index >= 15 is 0 Å². The van der Waals surface area contributed by atoms with Crippen LogP contribution in [0.15, 0.2) is 66.7 Å². The summed E-state index contributed by atoms with van der Waals surface area (Å²) in [6.07, 6.45) is 12.7. The lowest BCUT2D eigenvalue weighted by molar-refractivity contribution is 0.589. The van der Waals surface area contributed by atoms with Crippen molar-refractivity contribution in [2.75, 3.05) is 0 Å². The van der Waals surface area contributed by atoms with E-state index in [1.807, 2.05) is 12.1 Å². The first-order valence-corrected chi connectivity index (χ1v) is 12.7. The molecule has 0 aliphatic heterocycles. The summed E-state index contributed by atoms with van der Waals surface area (Å²) in [7, 11) is 0. The molecule has 0 unspecified atom stereocenters. The van der Waals surface area contributed by atoms with Crippen molar-refractivity contribution >= 4 is 11.6 Å². The fourth-order valence-corrected chi connectivity index (χ4v) is 4.09. The zero-order chi connectivity index (χ0) is 23.3. The van der Waals surface area contributed by atoms with E-state index in [0.717, 1.165) is 18.4 Å². The number of hydrogen-bond acceptors (Lipinski definition) is 0. The first-order chi connectivity index (χ1) is 16.1. The molecule has 0 bridgehead atoms. The molecule has 0 aliphatic rings. The molecule has 2 heteroatoms. The molecule has 0 spiro atoms. The highest BCUT2D eigenvalue weighted by Crippen LogP contribution is 2.15. The van der Waals surface area contributed by atoms with E-state index in [-0.39, 0.29) is 5.82 Å². The van der Waals surface area contributed by atoms with Crippen LogP contribution < -0.4 is 0 Å². The number of rotatable bonds is 11. The van der Waals surface area contributed by atoms with E-state index < -0.39 is 0 Å². The van der Waals surface area contributed by atoms with Crippen LogP contribution in [0.2, 0.25) is 5.02 Å². The van der Waals surface area contributed by atoms with Crippen LogP contribution >= 0.6 is 11.6 Å². The van der Waals surface area contributed by atoms with Gasteiger partial charge in [0.05, 0.1) is 5.56 Å². The minimum Gasteiger partial charge on any atom is -0.206 e. The summed E-state index contributed by atoms with van der Waals surface area (Å²) in [6.45, 7) is 2.27. The third-order valence-electron chi connectivity index (χ3n) is 6.02. The Morgan fingerprint density at radius 1 is 0.636 bits per heavy atom. The Kier molecular flexibility index (Phi) is 10.5. The number of halogens is 2. The average Bonchev–Trinajstić information content (AvgIpc) is 2.83. The van der Waals surface area contributed by atoms with Gasteiger partial charge in [0.2, 0.25) is 0 Å². The maximum atomic E-state index is 13.8. The van der Waals surface area contributed by atoms with E-state index in [4.69, 9.17) is 11.6 Å². The standard InChI is InChI=1S/C31H34ClF/c1-2-3-4-5-6-7-8-9-25-10-12-26(13-11-25)14-15-27-16-18-28(19-17-27)20-21-29-22-23-30(32)24-31(29)33/h10-13,16-19,22-24H,2-9,14-15H2,1H3. The van der Waals surface area contributed by atoms with Crippen LogP contribution in [0.5, 0.6) is 0 Å². The predicted molar refractivity (Wildman–Crippen MR) is 139 cm³/mol. The molecule has 0 nitrogen and oxygen atoms in total. The zero-order valence-electron chi connectivity index (χ0n) is 19.7. The maximum Gasteiger partial charge on any atom is 0.140 e. The van der Waals surface area contributed by atoms with Gasteiger partial charge in [-0.05, 0) is 72.7 Å². The molecule has 3 rings (SSSR count). The molecule has 0 fully saturated rings. The van der Waals surface area contributed by atoms with E-state index in [2.05, 4.69) is 55.2 Å². The molecule has 0 amide bonds. The second-order valence-corrected chi connectivity index (χ2v) is 9.20. The van der Waals surface area contributed by atoms with Gasteiger partial charge in [-0.1, -0.05) is 105 Å². The van der Waals surface area contributed by atoms with Crippen molar-refractivity contribution in [3.8, 4) is 11.8 Å². The molecule has 0 aliphatic carbocycles. The van der Waals surface area contributed by atoms with Crippen LogP contribution in [-0.2, 0) is 19.3 Å². The molecule has 0 atom stereocenters. The van der Waals surface area contributed by atoms with Crippen LogP contribution in [0.1, 0.15) is 79.7 Å². The summed E-state index contributed by atoms with van der Waals surface area (Å²) in [5, 5.41) is 0.380. The zero-order valence-corrected chi connectivity index (χ0v) is 20.4. The average molecular weight is 461 g/mol. The van der Waals surface area contributed by atoms with Crippen LogP contribution in [0.3, 0.4) is 0 Å². The summed E-state index contributed by atoms with van der Waals surface area (Å²) in [6, 6.07) is 21.9. The quantitative estimate of drug-likeness (QED) is 0.198. The van der Waals surface area contributed by atoms with E-state index in [1.54, 1.807) is 12.1 Å². The van der Waals surface area contributed by atoms with Crippen molar-refractivity contribution in [1.29, 1.82) is 0 Å². The van der Waals surface area contributed by atoms with Gasteiger partial charge >= 0.3 is 0 Å². The van der Waals surface area contributed by atoms with Crippen molar-refractivity contribution in [3.05, 3.63) is 105 Å². The number of aryl methyl sites for hydroxylation is 3. The molecule has 33 heavy (non-hydrogen) atoms. The topological polar surface area (TPSA) is 0 Å². The molecular weight excluding hydrogens is 427 g/mol. The Labute approximate surface area is 204 Å². The summed E-state index contributed by atoms with van der Waals surface area (Å²) < 4.78 is 13.8. The third kappa shape index (κ3) is 9.07. The highest BCUT2D eigenvalue weighted by atomic mass is 35.5. The fourth-order valence-electron chi connectivity index (χ4n) is 3.93. The smallest absolute Gasteiger partial charge is 0.140 e. The third-order valence-corrected chi connectivity index (χ3v) is 6.26. The van der Waals surface area contributed by atoms with Gasteiger partial charge in [-0.15, -0.1) is 0 Å². The van der Waals surface area contributed by atoms with Crippen molar-refractivity contribution in [3.63, 3.8) is 0 Å². The SMILES string of the molecule is CCCCCCCCCc1ccc(CCc2ccc(C#Cc3ccc(Cl)cc3F)cc2)cc1. The second-order valence-electron chi connectivity index (χ2n) is 8.76. The van der Waals surface area contributed by atoms with Crippen LogP contribution in [0.25, 0.3) is 0 Å². The van der Waals surface area contributed by atoms with E-state index in [9.17, 15) is 4.39 Å². The lowest BCUT2D eigenvalue weighted by Gasteiger charge is -2.06. The highest BCUT2D eigenvalue weighted by molar-refractivity contribution is 6.30.